The summed E-state index contributed by atoms with van der Waals surface area (Å²) >= 11 is 1.25. The maximum absolute atomic E-state index is 13.7. The molecule has 1 aromatic carbocycles. The molecule has 0 aliphatic heterocycles. The van der Waals surface area contributed by atoms with Crippen LogP contribution >= 0.6 is 11.3 Å². The van der Waals surface area contributed by atoms with Gasteiger partial charge in [-0.05, 0) is 25.5 Å². The van der Waals surface area contributed by atoms with Crippen molar-refractivity contribution in [2.75, 3.05) is 5.43 Å². The van der Waals surface area contributed by atoms with E-state index in [0.29, 0.717) is 5.13 Å². The molecule has 0 saturated heterocycles. The highest BCUT2D eigenvalue weighted by molar-refractivity contribution is 7.13. The molecule has 0 aliphatic rings. The van der Waals surface area contributed by atoms with E-state index in [0.717, 1.165) is 24.0 Å². The second-order valence-electron chi connectivity index (χ2n) is 4.31. The van der Waals surface area contributed by atoms with E-state index < -0.39 is 23.1 Å². The smallest absolute Gasteiger partial charge is 0.253 e. The van der Waals surface area contributed by atoms with Gasteiger partial charge >= 0.3 is 6.18 Å². The Hall–Kier alpha value is -1.96. The molecule has 0 amide bonds. The Morgan fingerprint density at radius 3 is 2.57 bits per heavy atom. The molecule has 3 nitrogen and oxygen atoms in total. The normalized spacial score (nSPS) is 12.1. The number of alkyl halides is 3. The van der Waals surface area contributed by atoms with Crippen LogP contribution in [0.4, 0.5) is 22.7 Å². The van der Waals surface area contributed by atoms with Crippen molar-refractivity contribution in [3.05, 3.63) is 45.7 Å². The molecule has 2 aromatic rings. The van der Waals surface area contributed by atoms with Crippen molar-refractivity contribution in [1.82, 2.24) is 4.98 Å². The number of thiazole rings is 1. The minimum absolute atomic E-state index is 0.0598. The average Bonchev–Trinajstić information content (AvgIpc) is 2.78. The highest BCUT2D eigenvalue weighted by Gasteiger charge is 2.36. The molecule has 8 heteroatoms. The zero-order chi connectivity index (χ0) is 15.6. The van der Waals surface area contributed by atoms with Crippen molar-refractivity contribution in [3.8, 4) is 0 Å². The first-order valence-electron chi connectivity index (χ1n) is 5.86. The third-order valence-corrected chi connectivity index (χ3v) is 3.52. The summed E-state index contributed by atoms with van der Waals surface area (Å²) in [7, 11) is 0. The van der Waals surface area contributed by atoms with Crippen LogP contribution in [0, 0.1) is 19.7 Å². The fourth-order valence-electron chi connectivity index (χ4n) is 1.76. The Labute approximate surface area is 122 Å². The molecule has 2 rings (SSSR count). The van der Waals surface area contributed by atoms with Crippen LogP contribution in [-0.4, -0.2) is 11.2 Å². The Morgan fingerprint density at radius 1 is 1.29 bits per heavy atom. The number of hydrogen-bond acceptors (Lipinski definition) is 4. The highest BCUT2D eigenvalue weighted by atomic mass is 32.1. The maximum atomic E-state index is 13.7. The van der Waals surface area contributed by atoms with Gasteiger partial charge < -0.3 is 0 Å². The lowest BCUT2D eigenvalue weighted by atomic mass is 10.0. The summed E-state index contributed by atoms with van der Waals surface area (Å²) in [5.41, 5.74) is 1.56. The molecule has 0 saturated carbocycles. The molecule has 0 radical (unpaired) electrons. The van der Waals surface area contributed by atoms with E-state index in [2.05, 4.69) is 15.5 Å². The van der Waals surface area contributed by atoms with Crippen LogP contribution in [0.1, 0.15) is 22.4 Å². The Morgan fingerprint density at radius 2 is 2.00 bits per heavy atom. The van der Waals surface area contributed by atoms with Crippen LogP contribution in [0.15, 0.2) is 22.6 Å². The fourth-order valence-corrected chi connectivity index (χ4v) is 2.40. The van der Waals surface area contributed by atoms with E-state index in [4.69, 9.17) is 0 Å². The van der Waals surface area contributed by atoms with Gasteiger partial charge in [-0.3, -0.25) is 5.43 Å². The van der Waals surface area contributed by atoms with Crippen molar-refractivity contribution in [2.24, 2.45) is 5.10 Å². The lowest BCUT2D eigenvalue weighted by Gasteiger charge is -2.13. The Kier molecular flexibility index (Phi) is 4.26. The number of nitrogens with one attached hydrogen (secondary N) is 1. The largest absolute Gasteiger partial charge is 0.417 e. The summed E-state index contributed by atoms with van der Waals surface area (Å²) in [4.78, 5) is 4.03. The molecule has 0 bridgehead atoms. The second kappa shape index (κ2) is 5.80. The first-order chi connectivity index (χ1) is 9.79. The SMILES string of the molecule is Cc1csc(NN=Cc2c(F)ccc(C)c2C(F)(F)F)n1. The van der Waals surface area contributed by atoms with Gasteiger partial charge in [-0.25, -0.2) is 9.37 Å². The van der Waals surface area contributed by atoms with Gasteiger partial charge in [-0.2, -0.15) is 18.3 Å². The summed E-state index contributed by atoms with van der Waals surface area (Å²) in [6, 6.07) is 2.08. The highest BCUT2D eigenvalue weighted by Crippen LogP contribution is 2.34. The summed E-state index contributed by atoms with van der Waals surface area (Å²) in [6.45, 7) is 3.05. The zero-order valence-corrected chi connectivity index (χ0v) is 11.9. The van der Waals surface area contributed by atoms with Gasteiger partial charge in [-0.15, -0.1) is 11.3 Å². The molecular weight excluding hydrogens is 306 g/mol. The molecule has 0 atom stereocenters. The van der Waals surface area contributed by atoms with Crippen molar-refractivity contribution >= 4 is 22.7 Å². The van der Waals surface area contributed by atoms with Gasteiger partial charge in [0.2, 0.25) is 5.13 Å². The quantitative estimate of drug-likeness (QED) is 0.519. The monoisotopic (exact) mass is 317 g/mol. The van der Waals surface area contributed by atoms with E-state index in [1.54, 1.807) is 12.3 Å². The van der Waals surface area contributed by atoms with E-state index in [-0.39, 0.29) is 5.56 Å². The molecule has 0 aliphatic carbocycles. The van der Waals surface area contributed by atoms with E-state index in [1.165, 1.54) is 18.3 Å². The number of halogens is 4. The molecule has 0 spiro atoms. The van der Waals surface area contributed by atoms with Crippen LogP contribution in [0.3, 0.4) is 0 Å². The summed E-state index contributed by atoms with van der Waals surface area (Å²) in [5, 5.41) is 5.81. The minimum Gasteiger partial charge on any atom is -0.253 e. The van der Waals surface area contributed by atoms with Gasteiger partial charge in [0.25, 0.3) is 0 Å². The van der Waals surface area contributed by atoms with Crippen LogP contribution in [0.2, 0.25) is 0 Å². The van der Waals surface area contributed by atoms with Crippen molar-refractivity contribution < 1.29 is 17.6 Å². The van der Waals surface area contributed by atoms with Crippen LogP contribution in [0.5, 0.6) is 0 Å². The van der Waals surface area contributed by atoms with Crippen LogP contribution < -0.4 is 5.43 Å². The molecule has 21 heavy (non-hydrogen) atoms. The maximum Gasteiger partial charge on any atom is 0.417 e. The van der Waals surface area contributed by atoms with Gasteiger partial charge in [-0.1, -0.05) is 6.07 Å². The molecule has 1 heterocycles. The van der Waals surface area contributed by atoms with E-state index in [9.17, 15) is 17.6 Å². The van der Waals surface area contributed by atoms with E-state index >= 15 is 0 Å². The van der Waals surface area contributed by atoms with Gasteiger partial charge in [0.15, 0.2) is 0 Å². The number of rotatable bonds is 3. The first-order valence-corrected chi connectivity index (χ1v) is 6.74. The van der Waals surface area contributed by atoms with Crippen LogP contribution in [0.25, 0.3) is 0 Å². The van der Waals surface area contributed by atoms with Crippen molar-refractivity contribution in [1.29, 1.82) is 0 Å². The molecular formula is C13H11F4N3S. The molecule has 112 valence electrons. The molecule has 0 fully saturated rings. The van der Waals surface area contributed by atoms with E-state index in [1.807, 2.05) is 0 Å². The number of hydrogen-bond donors (Lipinski definition) is 1. The van der Waals surface area contributed by atoms with Crippen LogP contribution in [-0.2, 0) is 6.18 Å². The average molecular weight is 317 g/mol. The predicted octanol–water partition coefficient (Wildman–Crippen LogP) is 4.36. The predicted molar refractivity (Wildman–Crippen MR) is 74.2 cm³/mol. The van der Waals surface area contributed by atoms with Crippen molar-refractivity contribution in [2.45, 2.75) is 20.0 Å². The third-order valence-electron chi connectivity index (χ3n) is 2.66. The minimum atomic E-state index is -4.65. The number of aromatic nitrogens is 1. The first kappa shape index (κ1) is 15.4. The molecule has 0 unspecified atom stereocenters. The van der Waals surface area contributed by atoms with Gasteiger partial charge in [0.05, 0.1) is 17.5 Å². The number of nitrogens with zero attached hydrogens (tertiary/aromatic N) is 2. The number of benzene rings is 1. The molecule has 1 N–H and O–H groups in total. The lowest BCUT2D eigenvalue weighted by Crippen LogP contribution is -2.13. The zero-order valence-electron chi connectivity index (χ0n) is 11.1. The lowest BCUT2D eigenvalue weighted by molar-refractivity contribution is -0.138. The Balaban J connectivity index is 2.33. The number of aryl methyl sites for hydroxylation is 2. The summed E-state index contributed by atoms with van der Waals surface area (Å²) in [6.07, 6.45) is -3.83. The summed E-state index contributed by atoms with van der Waals surface area (Å²) in [5.74, 6) is -0.978. The topological polar surface area (TPSA) is 37.3 Å². The summed E-state index contributed by atoms with van der Waals surface area (Å²) < 4.78 is 52.6. The molecule has 1 aromatic heterocycles. The van der Waals surface area contributed by atoms with Gasteiger partial charge in [0.1, 0.15) is 5.82 Å². The number of anilines is 1. The third kappa shape index (κ3) is 3.57. The van der Waals surface area contributed by atoms with Gasteiger partial charge in [0, 0.05) is 10.9 Å². The second-order valence-corrected chi connectivity index (χ2v) is 5.17. The fraction of sp³-hybridized carbons (Fsp3) is 0.231. The standard InChI is InChI=1S/C13H11F4N3S/c1-7-3-4-10(14)9(11(7)13(15,16)17)5-18-20-12-19-8(2)6-21-12/h3-6H,1-2H3,(H,19,20). The number of hydrazone groups is 1. The Bertz CT molecular complexity index is 677. The van der Waals surface area contributed by atoms with Crippen molar-refractivity contribution in [3.63, 3.8) is 0 Å².